The number of thioether (sulfide) groups is 1. The van der Waals surface area contributed by atoms with Crippen LogP contribution >= 0.6 is 24.0 Å². The van der Waals surface area contributed by atoms with E-state index in [-0.39, 0.29) is 30.7 Å². The molecule has 1 fully saturated rings. The van der Waals surface area contributed by atoms with Crippen molar-refractivity contribution in [2.75, 3.05) is 20.6 Å². The van der Waals surface area contributed by atoms with Gasteiger partial charge in [0.05, 0.1) is 5.25 Å². The Hall–Kier alpha value is -2.53. The van der Waals surface area contributed by atoms with Gasteiger partial charge in [-0.25, -0.2) is 9.37 Å². The van der Waals surface area contributed by atoms with Crippen LogP contribution in [0, 0.1) is 12.7 Å². The molecule has 2 heterocycles. The Bertz CT molecular complexity index is 913. The summed E-state index contributed by atoms with van der Waals surface area (Å²) in [5, 5.41) is 5.87. The lowest BCUT2D eigenvalue weighted by Crippen LogP contribution is -2.40. The van der Waals surface area contributed by atoms with Gasteiger partial charge in [-0.15, -0.1) is 0 Å². The maximum Gasteiger partial charge on any atom is 0.242 e. The number of thiocarbonyl (C=S) groups is 1. The molecule has 1 atom stereocenters. The summed E-state index contributed by atoms with van der Waals surface area (Å²) in [5.41, 5.74) is 1.26. The highest BCUT2D eigenvalue weighted by molar-refractivity contribution is 8.24. The molecule has 0 radical (unpaired) electrons. The number of ether oxygens (including phenoxy) is 1. The Morgan fingerprint density at radius 3 is 2.83 bits per heavy atom. The van der Waals surface area contributed by atoms with Crippen molar-refractivity contribution in [2.24, 2.45) is 0 Å². The zero-order chi connectivity index (χ0) is 21.1. The van der Waals surface area contributed by atoms with E-state index in [9.17, 15) is 14.0 Å². The maximum atomic E-state index is 14.6. The molecule has 11 heteroatoms. The second kappa shape index (κ2) is 8.87. The first-order chi connectivity index (χ1) is 13.8. The molecule has 1 saturated heterocycles. The second-order valence-corrected chi connectivity index (χ2v) is 8.57. The maximum absolute atomic E-state index is 14.6. The Morgan fingerprint density at radius 2 is 2.21 bits per heavy atom. The van der Waals surface area contributed by atoms with Crippen molar-refractivity contribution in [1.82, 2.24) is 25.0 Å². The molecule has 1 unspecified atom stereocenters. The number of H-pyrrole nitrogens is 1. The Kier molecular flexibility index (Phi) is 6.48. The third kappa shape index (κ3) is 4.91. The van der Waals surface area contributed by atoms with Gasteiger partial charge in [-0.05, 0) is 30.5 Å². The molecule has 1 aliphatic heterocycles. The van der Waals surface area contributed by atoms with Gasteiger partial charge in [0.25, 0.3) is 0 Å². The largest absolute Gasteiger partial charge is 0.482 e. The Morgan fingerprint density at radius 1 is 1.45 bits per heavy atom. The fraction of sp³-hybridized carbons (Fsp3) is 0.389. The van der Waals surface area contributed by atoms with E-state index >= 15 is 0 Å². The quantitative estimate of drug-likeness (QED) is 0.659. The predicted octanol–water partition coefficient (Wildman–Crippen LogP) is 1.69. The van der Waals surface area contributed by atoms with Crippen LogP contribution in [0.3, 0.4) is 0 Å². The summed E-state index contributed by atoms with van der Waals surface area (Å²) < 4.78 is 20.4. The molecule has 1 aromatic carbocycles. The van der Waals surface area contributed by atoms with Gasteiger partial charge in [0.1, 0.15) is 23.8 Å². The zero-order valence-corrected chi connectivity index (χ0v) is 17.8. The molecule has 154 valence electrons. The van der Waals surface area contributed by atoms with E-state index in [1.54, 1.807) is 27.1 Å². The average molecular weight is 438 g/mol. The van der Waals surface area contributed by atoms with E-state index in [1.807, 2.05) is 0 Å². The average Bonchev–Trinajstić information content (AvgIpc) is 3.25. The van der Waals surface area contributed by atoms with Gasteiger partial charge >= 0.3 is 0 Å². The molecule has 1 aromatic heterocycles. The number of benzene rings is 1. The predicted molar refractivity (Wildman–Crippen MR) is 110 cm³/mol. The lowest BCUT2D eigenvalue weighted by molar-refractivity contribution is -0.135. The highest BCUT2D eigenvalue weighted by Crippen LogP contribution is 2.32. The van der Waals surface area contributed by atoms with E-state index in [2.05, 4.69) is 15.2 Å². The summed E-state index contributed by atoms with van der Waals surface area (Å²) in [6.07, 6.45) is 1.65. The van der Waals surface area contributed by atoms with Crippen molar-refractivity contribution in [3.8, 4) is 5.75 Å². The van der Waals surface area contributed by atoms with Crippen molar-refractivity contribution < 1.29 is 18.7 Å². The van der Waals surface area contributed by atoms with Crippen LogP contribution in [0.25, 0.3) is 0 Å². The lowest BCUT2D eigenvalue weighted by atomic mass is 10.0. The van der Waals surface area contributed by atoms with Gasteiger partial charge in [0, 0.05) is 14.1 Å². The van der Waals surface area contributed by atoms with E-state index in [4.69, 9.17) is 17.0 Å². The minimum Gasteiger partial charge on any atom is -0.482 e. The molecule has 2 amide bonds. The number of aromatic nitrogens is 3. The van der Waals surface area contributed by atoms with Crippen LogP contribution in [0.15, 0.2) is 18.5 Å². The molecular formula is C18H20FN5O3S2. The number of nitrogens with one attached hydrogen (secondary N) is 1. The van der Waals surface area contributed by atoms with Gasteiger partial charge in [-0.3, -0.25) is 19.6 Å². The fourth-order valence-electron chi connectivity index (χ4n) is 2.81. The van der Waals surface area contributed by atoms with Crippen molar-refractivity contribution in [1.29, 1.82) is 0 Å². The minimum atomic E-state index is -0.517. The minimum absolute atomic E-state index is 0.0667. The molecule has 1 N–H and O–H groups in total. The molecule has 0 saturated carbocycles. The fourth-order valence-corrected chi connectivity index (χ4v) is 4.34. The number of aromatic amines is 1. The molecule has 2 aromatic rings. The van der Waals surface area contributed by atoms with Gasteiger partial charge in [0.2, 0.25) is 11.8 Å². The third-order valence-electron chi connectivity index (χ3n) is 4.33. The first kappa shape index (κ1) is 21.2. The summed E-state index contributed by atoms with van der Waals surface area (Å²) >= 11 is 6.47. The molecule has 8 nitrogen and oxygen atoms in total. The van der Waals surface area contributed by atoms with Gasteiger partial charge in [-0.2, -0.15) is 5.10 Å². The van der Waals surface area contributed by atoms with Crippen LogP contribution in [-0.4, -0.2) is 67.0 Å². The lowest BCUT2D eigenvalue weighted by Gasteiger charge is -2.18. The van der Waals surface area contributed by atoms with E-state index in [0.717, 1.165) is 0 Å². The van der Waals surface area contributed by atoms with Crippen LogP contribution < -0.4 is 4.74 Å². The topological polar surface area (TPSA) is 91.4 Å². The molecule has 0 aliphatic carbocycles. The number of amides is 2. The van der Waals surface area contributed by atoms with Crippen LogP contribution in [-0.2, 0) is 22.6 Å². The number of halogens is 1. The number of carbonyl (C=O) groups is 2. The summed E-state index contributed by atoms with van der Waals surface area (Å²) in [5.74, 6) is -0.348. The highest BCUT2D eigenvalue weighted by atomic mass is 32.2. The number of likely N-dealkylation sites (N-methyl/N-ethyl adjacent to an activating group) is 1. The number of rotatable bonds is 7. The number of hydrogen-bond donors (Lipinski definition) is 1. The first-order valence-electron chi connectivity index (χ1n) is 8.74. The molecule has 0 bridgehead atoms. The standard InChI is InChI=1S/C18H20FN5O3S2/c1-10-4-11(5-12(19)16(10)27-8-14-20-9-21-22-14)6-13-17(26)24(18(28)29-13)7-15(25)23(2)3/h4-5,9,13H,6-8H2,1-3H3,(H,20,21,22). The molecular weight excluding hydrogens is 417 g/mol. The third-order valence-corrected chi connectivity index (χ3v) is 5.91. The van der Waals surface area contributed by atoms with Gasteiger partial charge in [0.15, 0.2) is 17.4 Å². The molecule has 3 rings (SSSR count). The summed E-state index contributed by atoms with van der Waals surface area (Å²) in [6, 6.07) is 3.14. The van der Waals surface area contributed by atoms with Crippen molar-refractivity contribution >= 4 is 40.1 Å². The van der Waals surface area contributed by atoms with Crippen LogP contribution in [0.2, 0.25) is 0 Å². The monoisotopic (exact) mass is 437 g/mol. The summed E-state index contributed by atoms with van der Waals surface area (Å²) in [7, 11) is 3.24. The van der Waals surface area contributed by atoms with Crippen LogP contribution in [0.1, 0.15) is 17.0 Å². The summed E-state index contributed by atoms with van der Waals surface area (Å²) in [6.45, 7) is 1.71. The Balaban J connectivity index is 1.68. The van der Waals surface area contributed by atoms with Crippen molar-refractivity contribution in [3.63, 3.8) is 0 Å². The molecule has 29 heavy (non-hydrogen) atoms. The molecule has 1 aliphatic rings. The van der Waals surface area contributed by atoms with Crippen molar-refractivity contribution in [2.45, 2.75) is 25.2 Å². The highest BCUT2D eigenvalue weighted by Gasteiger charge is 2.38. The smallest absolute Gasteiger partial charge is 0.242 e. The normalized spacial score (nSPS) is 16.4. The van der Waals surface area contributed by atoms with Crippen LogP contribution in [0.5, 0.6) is 5.75 Å². The van der Waals surface area contributed by atoms with Gasteiger partial charge < -0.3 is 9.64 Å². The first-order valence-corrected chi connectivity index (χ1v) is 10.0. The second-order valence-electron chi connectivity index (χ2n) is 6.73. The van der Waals surface area contributed by atoms with E-state index < -0.39 is 11.1 Å². The number of nitrogens with zero attached hydrogens (tertiary/aromatic N) is 4. The van der Waals surface area contributed by atoms with E-state index in [1.165, 1.54) is 34.0 Å². The van der Waals surface area contributed by atoms with Crippen LogP contribution in [0.4, 0.5) is 4.39 Å². The van der Waals surface area contributed by atoms with E-state index in [0.29, 0.717) is 27.7 Å². The zero-order valence-electron chi connectivity index (χ0n) is 16.1. The molecule has 0 spiro atoms. The SMILES string of the molecule is Cc1cc(CC2SC(=S)N(CC(=O)N(C)C)C2=O)cc(F)c1OCc1ncn[nH]1. The number of hydrogen-bond acceptors (Lipinski definition) is 7. The Labute approximate surface area is 176 Å². The number of carbonyl (C=O) groups excluding carboxylic acids is 2. The van der Waals surface area contributed by atoms with Crippen molar-refractivity contribution in [3.05, 3.63) is 41.2 Å². The summed E-state index contributed by atoms with van der Waals surface area (Å²) in [4.78, 5) is 31.2. The number of aryl methyl sites for hydroxylation is 1. The van der Waals surface area contributed by atoms with Gasteiger partial charge in [-0.1, -0.05) is 30.0 Å².